The molecule has 0 aromatic carbocycles. The maximum absolute atomic E-state index is 12.9. The minimum Gasteiger partial charge on any atom is -0.480 e. The second-order valence-corrected chi connectivity index (χ2v) is 7.31. The lowest BCUT2D eigenvalue weighted by Crippen LogP contribution is -2.44. The van der Waals surface area contributed by atoms with E-state index in [1.807, 2.05) is 13.8 Å². The molecule has 0 saturated heterocycles. The Kier molecular flexibility index (Phi) is 4.49. The normalized spacial score (nSPS) is 15.8. The van der Waals surface area contributed by atoms with Gasteiger partial charge in [0.25, 0.3) is 11.6 Å². The van der Waals surface area contributed by atoms with Crippen LogP contribution in [-0.2, 0) is 4.79 Å². The van der Waals surface area contributed by atoms with E-state index in [1.54, 1.807) is 19.9 Å². The number of nitrogens with zero attached hydrogens (tertiary/aromatic N) is 2. The molecule has 0 aliphatic heterocycles. The van der Waals surface area contributed by atoms with Crippen molar-refractivity contribution in [3.8, 4) is 0 Å². The number of carboxylic acids is 1. The number of carbonyl (C=O) groups is 2. The summed E-state index contributed by atoms with van der Waals surface area (Å²) in [4.78, 5) is 28.8. The van der Waals surface area contributed by atoms with Crippen molar-refractivity contribution < 1.29 is 19.2 Å². The summed E-state index contributed by atoms with van der Waals surface area (Å²) < 4.78 is 5.36. The average molecular weight is 345 g/mol. The van der Waals surface area contributed by atoms with E-state index in [0.717, 1.165) is 18.5 Å². The van der Waals surface area contributed by atoms with Crippen molar-refractivity contribution >= 4 is 23.0 Å². The summed E-state index contributed by atoms with van der Waals surface area (Å²) in [5.74, 6) is -1.31. The van der Waals surface area contributed by atoms with Crippen LogP contribution in [-0.4, -0.2) is 33.2 Å². The van der Waals surface area contributed by atoms with Gasteiger partial charge >= 0.3 is 5.97 Å². The fraction of sp³-hybridized carbons (Fsp3) is 0.556. The minimum absolute atomic E-state index is 0.0572. The van der Waals surface area contributed by atoms with E-state index in [4.69, 9.17) is 4.52 Å². The van der Waals surface area contributed by atoms with E-state index in [9.17, 15) is 14.7 Å². The van der Waals surface area contributed by atoms with Crippen molar-refractivity contribution in [3.63, 3.8) is 0 Å². The molecule has 0 radical (unpaired) electrons. The van der Waals surface area contributed by atoms with Gasteiger partial charge in [-0.25, -0.2) is 9.78 Å². The van der Waals surface area contributed by atoms with Crippen LogP contribution < -0.4 is 5.32 Å². The summed E-state index contributed by atoms with van der Waals surface area (Å²) in [6.45, 7) is 7.44. The van der Waals surface area contributed by atoms with Gasteiger partial charge in [0, 0.05) is 11.6 Å². The van der Waals surface area contributed by atoms with Gasteiger partial charge in [-0.1, -0.05) is 32.9 Å². The van der Waals surface area contributed by atoms with Crippen molar-refractivity contribution in [3.05, 3.63) is 23.0 Å². The Morgan fingerprint density at radius 3 is 2.48 bits per heavy atom. The molecule has 2 aromatic rings. The SMILES string of the molecule is CC(C)c1noc2nc(C3CC3)cc(C(=O)NC(C(=O)O)C(C)C)c12. The van der Waals surface area contributed by atoms with Crippen LogP contribution in [0.3, 0.4) is 0 Å². The Labute approximate surface area is 145 Å². The zero-order chi connectivity index (χ0) is 18.3. The molecular formula is C18H23N3O4. The first-order valence-corrected chi connectivity index (χ1v) is 8.63. The van der Waals surface area contributed by atoms with Gasteiger partial charge in [-0.3, -0.25) is 4.79 Å². The second-order valence-electron chi connectivity index (χ2n) is 7.31. The topological polar surface area (TPSA) is 105 Å². The number of carbonyl (C=O) groups excluding carboxylic acids is 1. The van der Waals surface area contributed by atoms with Crippen LogP contribution in [0.1, 0.15) is 74.1 Å². The first kappa shape index (κ1) is 17.4. The Balaban J connectivity index is 2.07. The molecular weight excluding hydrogens is 322 g/mol. The molecule has 7 heteroatoms. The molecule has 1 atom stereocenters. The minimum atomic E-state index is -1.05. The van der Waals surface area contributed by atoms with Crippen LogP contribution in [0.25, 0.3) is 11.1 Å². The summed E-state index contributed by atoms with van der Waals surface area (Å²) >= 11 is 0. The number of aromatic nitrogens is 2. The first-order valence-electron chi connectivity index (χ1n) is 8.63. The maximum atomic E-state index is 12.9. The van der Waals surface area contributed by atoms with Gasteiger partial charge in [-0.15, -0.1) is 0 Å². The molecule has 2 heterocycles. The van der Waals surface area contributed by atoms with E-state index in [0.29, 0.717) is 28.3 Å². The fourth-order valence-corrected chi connectivity index (χ4v) is 2.89. The van der Waals surface area contributed by atoms with E-state index in [-0.39, 0.29) is 11.8 Å². The van der Waals surface area contributed by atoms with E-state index < -0.39 is 17.9 Å². The molecule has 25 heavy (non-hydrogen) atoms. The molecule has 2 N–H and O–H groups in total. The van der Waals surface area contributed by atoms with Gasteiger partial charge in [0.1, 0.15) is 6.04 Å². The number of hydrogen-bond donors (Lipinski definition) is 2. The molecule has 7 nitrogen and oxygen atoms in total. The number of nitrogens with one attached hydrogen (secondary N) is 1. The molecule has 2 aromatic heterocycles. The van der Waals surface area contributed by atoms with Crippen molar-refractivity contribution in [2.75, 3.05) is 0 Å². The van der Waals surface area contributed by atoms with Crippen LogP contribution >= 0.6 is 0 Å². The predicted molar refractivity (Wildman–Crippen MR) is 91.6 cm³/mol. The Morgan fingerprint density at radius 1 is 1.28 bits per heavy atom. The Hall–Kier alpha value is -2.44. The summed E-state index contributed by atoms with van der Waals surface area (Å²) in [7, 11) is 0. The number of aliphatic carboxylic acids is 1. The summed E-state index contributed by atoms with van der Waals surface area (Å²) in [6.07, 6.45) is 2.07. The number of hydrogen-bond acceptors (Lipinski definition) is 5. The molecule has 1 aliphatic rings. The number of rotatable bonds is 6. The summed E-state index contributed by atoms with van der Waals surface area (Å²) in [6, 6.07) is 0.805. The zero-order valence-corrected chi connectivity index (χ0v) is 14.9. The molecule has 1 saturated carbocycles. The molecule has 0 bridgehead atoms. The highest BCUT2D eigenvalue weighted by Gasteiger charge is 2.31. The smallest absolute Gasteiger partial charge is 0.326 e. The van der Waals surface area contributed by atoms with E-state index in [1.165, 1.54) is 0 Å². The lowest BCUT2D eigenvalue weighted by Gasteiger charge is -2.18. The average Bonchev–Trinajstić information content (AvgIpc) is 3.29. The third-order valence-electron chi connectivity index (χ3n) is 4.50. The van der Waals surface area contributed by atoms with Crippen molar-refractivity contribution in [2.24, 2.45) is 5.92 Å². The molecule has 3 rings (SSSR count). The van der Waals surface area contributed by atoms with Crippen LogP contribution in [0.2, 0.25) is 0 Å². The second kappa shape index (κ2) is 6.46. The maximum Gasteiger partial charge on any atom is 0.326 e. The Bertz CT molecular complexity index is 821. The predicted octanol–water partition coefficient (Wildman–Crippen LogP) is 3.06. The fourth-order valence-electron chi connectivity index (χ4n) is 2.89. The van der Waals surface area contributed by atoms with Gasteiger partial charge in [0.2, 0.25) is 0 Å². The molecule has 1 unspecified atom stereocenters. The standard InChI is InChI=1S/C18H23N3O4/c1-8(2)14-13-11(16(22)20-15(9(3)4)18(23)24)7-12(10-5-6-10)19-17(13)25-21-14/h7-10,15H,5-6H2,1-4H3,(H,20,22)(H,23,24). The number of pyridine rings is 1. The molecule has 1 fully saturated rings. The third-order valence-corrected chi connectivity index (χ3v) is 4.50. The number of amides is 1. The monoisotopic (exact) mass is 345 g/mol. The van der Waals surface area contributed by atoms with Crippen LogP contribution in [0.15, 0.2) is 10.6 Å². The summed E-state index contributed by atoms with van der Waals surface area (Å²) in [5, 5.41) is 16.6. The van der Waals surface area contributed by atoms with Gasteiger partial charge in [-0.2, -0.15) is 0 Å². The number of fused-ring (bicyclic) bond motifs is 1. The van der Waals surface area contributed by atoms with Crippen LogP contribution in [0.4, 0.5) is 0 Å². The summed E-state index contributed by atoms with van der Waals surface area (Å²) in [5.41, 5.74) is 2.20. The van der Waals surface area contributed by atoms with E-state index >= 15 is 0 Å². The van der Waals surface area contributed by atoms with Gasteiger partial charge < -0.3 is 14.9 Å². The highest BCUT2D eigenvalue weighted by Crippen LogP contribution is 2.41. The largest absolute Gasteiger partial charge is 0.480 e. The highest BCUT2D eigenvalue weighted by molar-refractivity contribution is 6.07. The molecule has 0 spiro atoms. The van der Waals surface area contributed by atoms with Gasteiger partial charge in [0.15, 0.2) is 0 Å². The van der Waals surface area contributed by atoms with Crippen molar-refractivity contribution in [1.82, 2.24) is 15.5 Å². The lowest BCUT2D eigenvalue weighted by molar-refractivity contribution is -0.140. The first-order chi connectivity index (χ1) is 11.8. The number of carboxylic acid groups (broad SMARTS) is 1. The van der Waals surface area contributed by atoms with Crippen LogP contribution in [0.5, 0.6) is 0 Å². The van der Waals surface area contributed by atoms with E-state index in [2.05, 4.69) is 15.5 Å². The van der Waals surface area contributed by atoms with Crippen LogP contribution in [0, 0.1) is 5.92 Å². The lowest BCUT2D eigenvalue weighted by atomic mass is 10.00. The molecule has 1 amide bonds. The van der Waals surface area contributed by atoms with Crippen molar-refractivity contribution in [2.45, 2.75) is 58.4 Å². The Morgan fingerprint density at radius 2 is 1.96 bits per heavy atom. The zero-order valence-electron chi connectivity index (χ0n) is 14.9. The van der Waals surface area contributed by atoms with Crippen molar-refractivity contribution in [1.29, 1.82) is 0 Å². The molecule has 1 aliphatic carbocycles. The van der Waals surface area contributed by atoms with Gasteiger partial charge in [0.05, 0.1) is 16.6 Å². The quantitative estimate of drug-likeness (QED) is 0.833. The van der Waals surface area contributed by atoms with Gasteiger partial charge in [-0.05, 0) is 30.7 Å². The molecule has 134 valence electrons. The highest BCUT2D eigenvalue weighted by atomic mass is 16.5. The third kappa shape index (κ3) is 3.36.